The fourth-order valence-corrected chi connectivity index (χ4v) is 2.80. The highest BCUT2D eigenvalue weighted by Crippen LogP contribution is 2.35. The van der Waals surface area contributed by atoms with Gasteiger partial charge in [-0.25, -0.2) is 0 Å². The summed E-state index contributed by atoms with van der Waals surface area (Å²) < 4.78 is 11.3. The standard InChI is InChI=1S/C16H21NO2/c1-12(17-10-13-6-4-5-9-18-13)15-11-19-16-8-3-2-7-14(15)16/h2-3,5,7-9,12-13,15,17H,4,6,10-11H2,1H3/t12-,13-,15+/m0/s1. The summed E-state index contributed by atoms with van der Waals surface area (Å²) in [5.41, 5.74) is 1.33. The Morgan fingerprint density at radius 3 is 3.11 bits per heavy atom. The topological polar surface area (TPSA) is 30.5 Å². The van der Waals surface area contributed by atoms with Crippen LogP contribution in [0.2, 0.25) is 0 Å². The predicted molar refractivity (Wildman–Crippen MR) is 75.4 cm³/mol. The molecule has 3 nitrogen and oxygen atoms in total. The lowest BCUT2D eigenvalue weighted by Gasteiger charge is -2.25. The minimum Gasteiger partial charge on any atom is -0.497 e. The van der Waals surface area contributed by atoms with Gasteiger partial charge in [0.2, 0.25) is 0 Å². The third-order valence-corrected chi connectivity index (χ3v) is 4.03. The first kappa shape index (κ1) is 12.5. The van der Waals surface area contributed by atoms with Crippen molar-refractivity contribution in [1.82, 2.24) is 5.32 Å². The molecule has 0 aromatic heterocycles. The SMILES string of the molecule is C[C@H](NC[C@@H]1CCC=CO1)[C@H]1COc2ccccc21. The molecule has 19 heavy (non-hydrogen) atoms. The molecule has 102 valence electrons. The Hall–Kier alpha value is -1.48. The molecule has 2 heterocycles. The van der Waals surface area contributed by atoms with Crippen molar-refractivity contribution in [3.63, 3.8) is 0 Å². The van der Waals surface area contributed by atoms with Crippen molar-refractivity contribution in [3.05, 3.63) is 42.2 Å². The molecule has 3 atom stereocenters. The summed E-state index contributed by atoms with van der Waals surface area (Å²) >= 11 is 0. The van der Waals surface area contributed by atoms with Crippen molar-refractivity contribution in [3.8, 4) is 5.75 Å². The third kappa shape index (κ3) is 2.76. The molecule has 3 heteroatoms. The van der Waals surface area contributed by atoms with Gasteiger partial charge in [-0.2, -0.15) is 0 Å². The first-order valence-electron chi connectivity index (χ1n) is 7.10. The number of nitrogens with one attached hydrogen (secondary N) is 1. The Morgan fingerprint density at radius 2 is 2.26 bits per heavy atom. The lowest BCUT2D eigenvalue weighted by Crippen LogP contribution is -2.39. The maximum atomic E-state index is 5.74. The van der Waals surface area contributed by atoms with Crippen LogP contribution in [0.15, 0.2) is 36.6 Å². The Labute approximate surface area is 114 Å². The average Bonchev–Trinajstić information content (AvgIpc) is 2.90. The largest absolute Gasteiger partial charge is 0.497 e. The number of rotatable bonds is 4. The molecule has 1 aromatic carbocycles. The fourth-order valence-electron chi connectivity index (χ4n) is 2.80. The van der Waals surface area contributed by atoms with E-state index in [0.29, 0.717) is 18.1 Å². The van der Waals surface area contributed by atoms with Crippen LogP contribution in [0, 0.1) is 0 Å². The van der Waals surface area contributed by atoms with E-state index in [9.17, 15) is 0 Å². The first-order chi connectivity index (χ1) is 9.34. The minimum atomic E-state index is 0.310. The lowest BCUT2D eigenvalue weighted by atomic mass is 9.94. The van der Waals surface area contributed by atoms with Gasteiger partial charge in [0.25, 0.3) is 0 Å². The molecule has 0 amide bonds. The maximum Gasteiger partial charge on any atom is 0.122 e. The number of hydrogen-bond acceptors (Lipinski definition) is 3. The van der Waals surface area contributed by atoms with E-state index in [2.05, 4.69) is 36.5 Å². The third-order valence-electron chi connectivity index (χ3n) is 4.03. The molecule has 2 aliphatic heterocycles. The Balaban J connectivity index is 1.56. The maximum absolute atomic E-state index is 5.74. The second-order valence-corrected chi connectivity index (χ2v) is 5.36. The Morgan fingerprint density at radius 1 is 1.37 bits per heavy atom. The number of benzene rings is 1. The van der Waals surface area contributed by atoms with Crippen molar-refractivity contribution >= 4 is 0 Å². The van der Waals surface area contributed by atoms with Gasteiger partial charge in [0, 0.05) is 24.1 Å². The quantitative estimate of drug-likeness (QED) is 0.902. The van der Waals surface area contributed by atoms with Crippen LogP contribution in [0.4, 0.5) is 0 Å². The number of hydrogen-bond donors (Lipinski definition) is 1. The van der Waals surface area contributed by atoms with Crippen LogP contribution in [0.1, 0.15) is 31.2 Å². The van der Waals surface area contributed by atoms with Gasteiger partial charge in [0.1, 0.15) is 11.9 Å². The van der Waals surface area contributed by atoms with Crippen molar-refractivity contribution in [2.75, 3.05) is 13.2 Å². The molecule has 0 radical (unpaired) electrons. The highest BCUT2D eigenvalue weighted by molar-refractivity contribution is 5.40. The highest BCUT2D eigenvalue weighted by Gasteiger charge is 2.28. The van der Waals surface area contributed by atoms with Gasteiger partial charge in [0.15, 0.2) is 0 Å². The number of ether oxygens (including phenoxy) is 2. The van der Waals surface area contributed by atoms with Gasteiger partial charge in [-0.15, -0.1) is 0 Å². The molecule has 3 rings (SSSR count). The summed E-state index contributed by atoms with van der Waals surface area (Å²) in [5, 5.41) is 3.60. The molecular weight excluding hydrogens is 238 g/mol. The lowest BCUT2D eigenvalue weighted by molar-refractivity contribution is 0.118. The number of fused-ring (bicyclic) bond motifs is 1. The van der Waals surface area contributed by atoms with E-state index in [1.165, 1.54) is 5.56 Å². The summed E-state index contributed by atoms with van der Waals surface area (Å²) in [6.45, 7) is 3.91. The Kier molecular flexibility index (Phi) is 3.74. The normalized spacial score (nSPS) is 26.4. The van der Waals surface area contributed by atoms with E-state index in [4.69, 9.17) is 9.47 Å². The van der Waals surface area contributed by atoms with Gasteiger partial charge >= 0.3 is 0 Å². The van der Waals surface area contributed by atoms with Gasteiger partial charge in [-0.05, 0) is 31.9 Å². The Bertz CT molecular complexity index is 458. The van der Waals surface area contributed by atoms with Crippen molar-refractivity contribution in [1.29, 1.82) is 0 Å². The van der Waals surface area contributed by atoms with E-state index in [1.807, 2.05) is 12.3 Å². The van der Waals surface area contributed by atoms with Gasteiger partial charge < -0.3 is 14.8 Å². The minimum absolute atomic E-state index is 0.310. The number of allylic oxidation sites excluding steroid dienone is 1. The molecule has 2 aliphatic rings. The van der Waals surface area contributed by atoms with Crippen LogP contribution in [0.25, 0.3) is 0 Å². The summed E-state index contributed by atoms with van der Waals surface area (Å²) in [5.74, 6) is 1.48. The summed E-state index contributed by atoms with van der Waals surface area (Å²) in [7, 11) is 0. The molecule has 0 saturated carbocycles. The molecule has 1 aromatic rings. The van der Waals surface area contributed by atoms with E-state index in [-0.39, 0.29) is 0 Å². The fraction of sp³-hybridized carbons (Fsp3) is 0.500. The predicted octanol–water partition coefficient (Wildman–Crippen LogP) is 2.83. The molecule has 0 bridgehead atoms. The second-order valence-electron chi connectivity index (χ2n) is 5.36. The van der Waals surface area contributed by atoms with E-state index >= 15 is 0 Å². The second kappa shape index (κ2) is 5.66. The zero-order valence-corrected chi connectivity index (χ0v) is 11.3. The van der Waals surface area contributed by atoms with Crippen LogP contribution in [-0.4, -0.2) is 25.3 Å². The zero-order valence-electron chi connectivity index (χ0n) is 11.3. The zero-order chi connectivity index (χ0) is 13.1. The van der Waals surface area contributed by atoms with E-state index in [0.717, 1.165) is 31.7 Å². The summed E-state index contributed by atoms with van der Waals surface area (Å²) in [6.07, 6.45) is 6.45. The van der Waals surface area contributed by atoms with Crippen LogP contribution in [-0.2, 0) is 4.74 Å². The van der Waals surface area contributed by atoms with Crippen molar-refractivity contribution in [2.24, 2.45) is 0 Å². The van der Waals surface area contributed by atoms with Crippen LogP contribution >= 0.6 is 0 Å². The summed E-state index contributed by atoms with van der Waals surface area (Å²) in [6, 6.07) is 8.74. The molecule has 0 fully saturated rings. The summed E-state index contributed by atoms with van der Waals surface area (Å²) in [4.78, 5) is 0. The van der Waals surface area contributed by atoms with Crippen LogP contribution < -0.4 is 10.1 Å². The first-order valence-corrected chi connectivity index (χ1v) is 7.10. The van der Waals surface area contributed by atoms with Gasteiger partial charge in [-0.3, -0.25) is 0 Å². The monoisotopic (exact) mass is 259 g/mol. The molecule has 0 aliphatic carbocycles. The number of para-hydroxylation sites is 1. The van der Waals surface area contributed by atoms with Gasteiger partial charge in [-0.1, -0.05) is 18.2 Å². The van der Waals surface area contributed by atoms with E-state index < -0.39 is 0 Å². The van der Waals surface area contributed by atoms with Crippen LogP contribution in [0.5, 0.6) is 5.75 Å². The molecule has 0 unspecified atom stereocenters. The molecule has 0 saturated heterocycles. The van der Waals surface area contributed by atoms with E-state index in [1.54, 1.807) is 0 Å². The highest BCUT2D eigenvalue weighted by atomic mass is 16.5. The van der Waals surface area contributed by atoms with Crippen molar-refractivity contribution < 1.29 is 9.47 Å². The molecular formula is C16H21NO2. The smallest absolute Gasteiger partial charge is 0.122 e. The van der Waals surface area contributed by atoms with Gasteiger partial charge in [0.05, 0.1) is 12.9 Å². The molecule has 1 N–H and O–H groups in total. The van der Waals surface area contributed by atoms with Crippen molar-refractivity contribution in [2.45, 2.75) is 37.8 Å². The average molecular weight is 259 g/mol. The molecule has 0 spiro atoms. The van der Waals surface area contributed by atoms with Crippen LogP contribution in [0.3, 0.4) is 0 Å².